The quantitative estimate of drug-likeness (QED) is 0.447. The van der Waals surface area contributed by atoms with Gasteiger partial charge in [0.1, 0.15) is 5.65 Å². The predicted molar refractivity (Wildman–Crippen MR) is 112 cm³/mol. The highest BCUT2D eigenvalue weighted by Crippen LogP contribution is 2.30. The number of hydrogen-bond acceptors (Lipinski definition) is 3. The van der Waals surface area contributed by atoms with Gasteiger partial charge in [0.25, 0.3) is 0 Å². The molecule has 27 heavy (non-hydrogen) atoms. The van der Waals surface area contributed by atoms with E-state index in [-0.39, 0.29) is 0 Å². The highest BCUT2D eigenvalue weighted by molar-refractivity contribution is 6.31. The number of halogens is 1. The van der Waals surface area contributed by atoms with Gasteiger partial charge in [0, 0.05) is 17.0 Å². The van der Waals surface area contributed by atoms with Crippen LogP contribution in [0.15, 0.2) is 66.7 Å². The maximum Gasteiger partial charge on any atom is 0.210 e. The van der Waals surface area contributed by atoms with Crippen molar-refractivity contribution < 1.29 is 0 Å². The zero-order valence-electron chi connectivity index (χ0n) is 14.8. The standard InChI is InChI=1S/C22H17ClN4/c1-14-6-5-9-19-20(14)27-21(25-19)17-12-16(23)10-11-18(17)26-22(27)24-13-15-7-3-2-4-8-15/h2-12H,13H2,1H3,(H,24,26). The predicted octanol–water partition coefficient (Wildman–Crippen LogP) is 5.61. The van der Waals surface area contributed by atoms with Gasteiger partial charge in [-0.15, -0.1) is 0 Å². The lowest BCUT2D eigenvalue weighted by molar-refractivity contribution is 1.04. The van der Waals surface area contributed by atoms with Gasteiger partial charge in [0.2, 0.25) is 5.95 Å². The van der Waals surface area contributed by atoms with E-state index in [1.165, 1.54) is 5.56 Å². The van der Waals surface area contributed by atoms with Crippen molar-refractivity contribution in [2.45, 2.75) is 13.5 Å². The van der Waals surface area contributed by atoms with Gasteiger partial charge in [-0.2, -0.15) is 0 Å². The van der Waals surface area contributed by atoms with E-state index in [0.717, 1.165) is 39.1 Å². The zero-order chi connectivity index (χ0) is 18.4. The molecule has 5 rings (SSSR count). The van der Waals surface area contributed by atoms with Crippen LogP contribution in [0.3, 0.4) is 0 Å². The van der Waals surface area contributed by atoms with E-state index in [2.05, 4.69) is 34.8 Å². The molecule has 0 unspecified atom stereocenters. The number of imidazole rings is 1. The summed E-state index contributed by atoms with van der Waals surface area (Å²) < 4.78 is 2.10. The average molecular weight is 373 g/mol. The van der Waals surface area contributed by atoms with Crippen molar-refractivity contribution in [3.05, 3.63) is 82.9 Å². The van der Waals surface area contributed by atoms with Crippen molar-refractivity contribution >= 4 is 45.1 Å². The van der Waals surface area contributed by atoms with Crippen molar-refractivity contribution in [3.8, 4) is 0 Å². The molecule has 132 valence electrons. The van der Waals surface area contributed by atoms with Crippen LogP contribution in [-0.4, -0.2) is 14.4 Å². The van der Waals surface area contributed by atoms with E-state index in [1.54, 1.807) is 0 Å². The van der Waals surface area contributed by atoms with Crippen molar-refractivity contribution in [3.63, 3.8) is 0 Å². The Balaban J connectivity index is 1.79. The Kier molecular flexibility index (Phi) is 3.73. The smallest absolute Gasteiger partial charge is 0.210 e. The van der Waals surface area contributed by atoms with Gasteiger partial charge in [0.15, 0.2) is 0 Å². The van der Waals surface area contributed by atoms with Gasteiger partial charge in [0.05, 0.1) is 16.6 Å². The number of benzene rings is 3. The van der Waals surface area contributed by atoms with Crippen LogP contribution in [0.5, 0.6) is 0 Å². The van der Waals surface area contributed by atoms with Crippen LogP contribution in [0, 0.1) is 6.92 Å². The molecule has 0 amide bonds. The molecule has 4 nitrogen and oxygen atoms in total. The fraction of sp³-hybridized carbons (Fsp3) is 0.0909. The van der Waals surface area contributed by atoms with E-state index in [1.807, 2.05) is 48.5 Å². The molecular weight excluding hydrogens is 356 g/mol. The second-order valence-corrected chi connectivity index (χ2v) is 7.09. The van der Waals surface area contributed by atoms with Gasteiger partial charge < -0.3 is 5.32 Å². The molecule has 0 aliphatic rings. The van der Waals surface area contributed by atoms with Crippen molar-refractivity contribution in [2.24, 2.45) is 0 Å². The maximum absolute atomic E-state index is 6.25. The first-order chi connectivity index (χ1) is 13.2. The third-order valence-corrected chi connectivity index (χ3v) is 5.04. The summed E-state index contributed by atoms with van der Waals surface area (Å²) >= 11 is 6.25. The first-order valence-corrected chi connectivity index (χ1v) is 9.23. The molecule has 2 aromatic heterocycles. The third-order valence-electron chi connectivity index (χ3n) is 4.81. The number of fused-ring (bicyclic) bond motifs is 5. The SMILES string of the molecule is Cc1cccc2nc3c4cc(Cl)ccc4nc(NCc4ccccc4)n3c12. The van der Waals surface area contributed by atoms with E-state index in [4.69, 9.17) is 21.6 Å². The minimum Gasteiger partial charge on any atom is -0.351 e. The van der Waals surface area contributed by atoms with E-state index >= 15 is 0 Å². The molecule has 1 N–H and O–H groups in total. The van der Waals surface area contributed by atoms with E-state index in [9.17, 15) is 0 Å². The molecule has 5 heteroatoms. The third kappa shape index (κ3) is 2.69. The number of aromatic nitrogens is 3. The molecule has 0 saturated carbocycles. The number of para-hydroxylation sites is 1. The Bertz CT molecular complexity index is 1290. The molecule has 0 bridgehead atoms. The molecule has 0 aliphatic heterocycles. The fourth-order valence-electron chi connectivity index (χ4n) is 3.53. The second-order valence-electron chi connectivity index (χ2n) is 6.65. The highest BCUT2D eigenvalue weighted by atomic mass is 35.5. The van der Waals surface area contributed by atoms with Gasteiger partial charge >= 0.3 is 0 Å². The number of anilines is 1. The van der Waals surface area contributed by atoms with Crippen molar-refractivity contribution in [1.82, 2.24) is 14.4 Å². The van der Waals surface area contributed by atoms with E-state index in [0.29, 0.717) is 11.6 Å². The first-order valence-electron chi connectivity index (χ1n) is 8.85. The largest absolute Gasteiger partial charge is 0.351 e. The summed E-state index contributed by atoms with van der Waals surface area (Å²) in [5.74, 6) is 0.778. The number of nitrogens with zero attached hydrogens (tertiary/aromatic N) is 3. The summed E-state index contributed by atoms with van der Waals surface area (Å²) in [6.07, 6.45) is 0. The summed E-state index contributed by atoms with van der Waals surface area (Å²) in [4.78, 5) is 9.76. The van der Waals surface area contributed by atoms with Crippen LogP contribution in [0.2, 0.25) is 5.02 Å². The summed E-state index contributed by atoms with van der Waals surface area (Å²) in [5.41, 5.74) is 6.11. The second kappa shape index (κ2) is 6.25. The Morgan fingerprint density at radius 2 is 1.78 bits per heavy atom. The van der Waals surface area contributed by atoms with Crippen LogP contribution >= 0.6 is 11.6 Å². The minimum absolute atomic E-state index is 0.681. The molecule has 5 aromatic rings. The fourth-order valence-corrected chi connectivity index (χ4v) is 3.70. The molecule has 0 atom stereocenters. The summed E-state index contributed by atoms with van der Waals surface area (Å²) in [6, 6.07) is 22.2. The summed E-state index contributed by atoms with van der Waals surface area (Å²) in [6.45, 7) is 2.78. The van der Waals surface area contributed by atoms with Crippen LogP contribution in [-0.2, 0) is 6.54 Å². The van der Waals surface area contributed by atoms with Gasteiger partial charge in [-0.3, -0.25) is 4.40 Å². The molecule has 0 spiro atoms. The normalized spacial score (nSPS) is 11.5. The number of aryl methyl sites for hydroxylation is 1. The molecule has 0 saturated heterocycles. The van der Waals surface area contributed by atoms with Crippen molar-refractivity contribution in [1.29, 1.82) is 0 Å². The molecular formula is C22H17ClN4. The Morgan fingerprint density at radius 1 is 0.926 bits per heavy atom. The van der Waals surface area contributed by atoms with Crippen LogP contribution < -0.4 is 5.32 Å². The number of nitrogens with one attached hydrogen (secondary N) is 1. The van der Waals surface area contributed by atoms with Gasteiger partial charge in [-0.05, 0) is 42.3 Å². The van der Waals surface area contributed by atoms with Crippen LogP contribution in [0.4, 0.5) is 5.95 Å². The Morgan fingerprint density at radius 3 is 2.63 bits per heavy atom. The van der Waals surface area contributed by atoms with Crippen LogP contribution in [0.25, 0.3) is 27.6 Å². The monoisotopic (exact) mass is 372 g/mol. The van der Waals surface area contributed by atoms with E-state index < -0.39 is 0 Å². The lowest BCUT2D eigenvalue weighted by atomic mass is 10.2. The lowest BCUT2D eigenvalue weighted by Gasteiger charge is -2.12. The Labute approximate surface area is 161 Å². The topological polar surface area (TPSA) is 42.2 Å². The lowest BCUT2D eigenvalue weighted by Crippen LogP contribution is -2.07. The van der Waals surface area contributed by atoms with Crippen LogP contribution in [0.1, 0.15) is 11.1 Å². The summed E-state index contributed by atoms with van der Waals surface area (Å²) in [7, 11) is 0. The Hall–Kier alpha value is -3.11. The zero-order valence-corrected chi connectivity index (χ0v) is 15.5. The molecule has 2 heterocycles. The number of hydrogen-bond donors (Lipinski definition) is 1. The maximum atomic E-state index is 6.25. The highest BCUT2D eigenvalue weighted by Gasteiger charge is 2.15. The van der Waals surface area contributed by atoms with Gasteiger partial charge in [-0.1, -0.05) is 54.1 Å². The van der Waals surface area contributed by atoms with Gasteiger partial charge in [-0.25, -0.2) is 9.97 Å². The van der Waals surface area contributed by atoms with Crippen molar-refractivity contribution in [2.75, 3.05) is 5.32 Å². The first kappa shape index (κ1) is 16.1. The molecule has 3 aromatic carbocycles. The molecule has 0 fully saturated rings. The molecule has 0 aliphatic carbocycles. The minimum atomic E-state index is 0.681. The summed E-state index contributed by atoms with van der Waals surface area (Å²) in [5, 5.41) is 5.12. The number of rotatable bonds is 3. The molecule has 0 radical (unpaired) electrons. The average Bonchev–Trinajstić information content (AvgIpc) is 3.09.